The first kappa shape index (κ1) is 16.2. The molecule has 0 bridgehead atoms. The van der Waals surface area contributed by atoms with E-state index in [0.717, 1.165) is 0 Å². The lowest BCUT2D eigenvalue weighted by Gasteiger charge is -2.33. The maximum absolute atomic E-state index is 13.0. The van der Waals surface area contributed by atoms with Crippen LogP contribution in [0, 0.1) is 5.92 Å². The second kappa shape index (κ2) is 6.29. The van der Waals surface area contributed by atoms with E-state index in [1.165, 1.54) is 4.90 Å². The van der Waals surface area contributed by atoms with Gasteiger partial charge >= 0.3 is 16.2 Å². The number of hydrogen-bond acceptors (Lipinski definition) is 5. The summed E-state index contributed by atoms with van der Waals surface area (Å²) < 4.78 is 39.8. The third-order valence-corrected chi connectivity index (χ3v) is 5.39. The van der Waals surface area contributed by atoms with Crippen LogP contribution in [0.3, 0.4) is 0 Å². The first-order valence-corrected chi connectivity index (χ1v) is 8.67. The average molecular weight is 321 g/mol. The molecule has 0 aromatic heterocycles. The Morgan fingerprint density at radius 2 is 1.95 bits per heavy atom. The van der Waals surface area contributed by atoms with E-state index in [2.05, 4.69) is 0 Å². The van der Waals surface area contributed by atoms with Crippen molar-refractivity contribution >= 4 is 22.1 Å². The van der Waals surface area contributed by atoms with Crippen LogP contribution in [0.2, 0.25) is 0 Å². The lowest BCUT2D eigenvalue weighted by atomic mass is 9.85. The van der Waals surface area contributed by atoms with Gasteiger partial charge in [-0.3, -0.25) is 9.59 Å². The van der Waals surface area contributed by atoms with Gasteiger partial charge in [-0.2, -0.15) is 8.42 Å². The molecule has 2 fully saturated rings. The molecule has 0 aromatic rings. The summed E-state index contributed by atoms with van der Waals surface area (Å²) in [5.41, 5.74) is 0. The number of likely N-dealkylation sites (tertiary alicyclic amines) is 1. The SMILES string of the molecule is CCOC(=O)C1CCC(N2CC(S(=O)(=O)F)CC2=O)CC1. The van der Waals surface area contributed by atoms with Crippen LogP contribution in [-0.2, 0) is 24.5 Å². The van der Waals surface area contributed by atoms with Gasteiger partial charge in [-0.15, -0.1) is 3.89 Å². The number of halogens is 1. The molecule has 1 atom stereocenters. The Balaban J connectivity index is 1.91. The highest BCUT2D eigenvalue weighted by Gasteiger charge is 2.42. The number of carbonyl (C=O) groups is 2. The number of nitrogens with zero attached hydrogens (tertiary/aromatic N) is 1. The van der Waals surface area contributed by atoms with Crippen molar-refractivity contribution in [3.63, 3.8) is 0 Å². The van der Waals surface area contributed by atoms with Gasteiger partial charge in [-0.25, -0.2) is 0 Å². The normalized spacial score (nSPS) is 30.5. The molecule has 120 valence electrons. The number of rotatable bonds is 4. The Kier molecular flexibility index (Phi) is 4.85. The quantitative estimate of drug-likeness (QED) is 0.570. The van der Waals surface area contributed by atoms with Crippen LogP contribution in [0.5, 0.6) is 0 Å². The van der Waals surface area contributed by atoms with E-state index in [1.54, 1.807) is 6.92 Å². The van der Waals surface area contributed by atoms with E-state index < -0.39 is 15.5 Å². The summed E-state index contributed by atoms with van der Waals surface area (Å²) in [6, 6.07) is -0.102. The van der Waals surface area contributed by atoms with E-state index in [-0.39, 0.29) is 36.8 Å². The number of esters is 1. The average Bonchev–Trinajstić information content (AvgIpc) is 2.81. The monoisotopic (exact) mass is 321 g/mol. The van der Waals surface area contributed by atoms with Crippen LogP contribution < -0.4 is 0 Å². The van der Waals surface area contributed by atoms with E-state index in [0.29, 0.717) is 32.3 Å². The predicted octanol–water partition coefficient (Wildman–Crippen LogP) is 1.01. The first-order valence-electron chi connectivity index (χ1n) is 7.22. The highest BCUT2D eigenvalue weighted by atomic mass is 32.3. The van der Waals surface area contributed by atoms with Crippen molar-refractivity contribution in [2.24, 2.45) is 5.92 Å². The van der Waals surface area contributed by atoms with Crippen LogP contribution in [-0.4, -0.2) is 49.6 Å². The van der Waals surface area contributed by atoms with Gasteiger partial charge in [-0.1, -0.05) is 0 Å². The van der Waals surface area contributed by atoms with Crippen LogP contribution in [0.4, 0.5) is 3.89 Å². The van der Waals surface area contributed by atoms with Gasteiger partial charge in [0, 0.05) is 19.0 Å². The molecule has 6 nitrogen and oxygen atoms in total. The van der Waals surface area contributed by atoms with Crippen molar-refractivity contribution in [2.75, 3.05) is 13.2 Å². The van der Waals surface area contributed by atoms with Crippen LogP contribution in [0.1, 0.15) is 39.0 Å². The molecule has 8 heteroatoms. The van der Waals surface area contributed by atoms with E-state index in [4.69, 9.17) is 4.74 Å². The molecule has 0 aromatic carbocycles. The Hall–Kier alpha value is -1.18. The largest absolute Gasteiger partial charge is 0.466 e. The predicted molar refractivity (Wildman–Crippen MR) is 72.5 cm³/mol. The van der Waals surface area contributed by atoms with Crippen molar-refractivity contribution in [2.45, 2.75) is 50.3 Å². The maximum atomic E-state index is 13.0. The summed E-state index contributed by atoms with van der Waals surface area (Å²) in [7, 11) is -4.68. The Bertz CT molecular complexity index is 513. The zero-order valence-corrected chi connectivity index (χ0v) is 12.8. The van der Waals surface area contributed by atoms with Gasteiger partial charge < -0.3 is 9.64 Å². The van der Waals surface area contributed by atoms with Crippen molar-refractivity contribution in [1.82, 2.24) is 4.90 Å². The molecule has 1 aliphatic heterocycles. The van der Waals surface area contributed by atoms with Crippen LogP contribution in [0.15, 0.2) is 0 Å². The molecule has 21 heavy (non-hydrogen) atoms. The lowest BCUT2D eigenvalue weighted by molar-refractivity contribution is -0.149. The van der Waals surface area contributed by atoms with Gasteiger partial charge in [0.25, 0.3) is 0 Å². The molecule has 1 heterocycles. The smallest absolute Gasteiger partial charge is 0.308 e. The van der Waals surface area contributed by atoms with Gasteiger partial charge in [-0.05, 0) is 32.6 Å². The molecule has 0 radical (unpaired) electrons. The molecular weight excluding hydrogens is 301 g/mol. The standard InChI is InChI=1S/C13H20FNO5S/c1-2-20-13(17)9-3-5-10(6-4-9)15-8-11(7-12(15)16)21(14,18)19/h9-11H,2-8H2,1H3. The molecule has 2 rings (SSSR count). The van der Waals surface area contributed by atoms with Gasteiger partial charge in [0.05, 0.1) is 12.5 Å². The highest BCUT2D eigenvalue weighted by molar-refractivity contribution is 7.87. The molecule has 1 unspecified atom stereocenters. The number of hydrogen-bond donors (Lipinski definition) is 0. The van der Waals surface area contributed by atoms with Gasteiger partial charge in [0.2, 0.25) is 5.91 Å². The summed E-state index contributed by atoms with van der Waals surface area (Å²) in [5, 5.41) is -1.24. The maximum Gasteiger partial charge on any atom is 0.308 e. The Morgan fingerprint density at radius 3 is 2.43 bits per heavy atom. The molecule has 1 aliphatic carbocycles. The molecule has 0 spiro atoms. The zero-order chi connectivity index (χ0) is 15.6. The minimum atomic E-state index is -4.68. The fraction of sp³-hybridized carbons (Fsp3) is 0.846. The Labute approximate surface area is 123 Å². The van der Waals surface area contributed by atoms with Crippen LogP contribution >= 0.6 is 0 Å². The number of ether oxygens (including phenoxy) is 1. The molecule has 1 amide bonds. The summed E-state index contributed by atoms with van der Waals surface area (Å²) in [6.45, 7) is 2.02. The van der Waals surface area contributed by atoms with Crippen molar-refractivity contribution in [3.8, 4) is 0 Å². The van der Waals surface area contributed by atoms with Crippen molar-refractivity contribution < 1.29 is 26.6 Å². The third kappa shape index (κ3) is 3.72. The summed E-state index contributed by atoms with van der Waals surface area (Å²) in [6.07, 6.45) is 2.18. The molecule has 1 saturated carbocycles. The summed E-state index contributed by atoms with van der Waals surface area (Å²) in [5.74, 6) is -0.687. The summed E-state index contributed by atoms with van der Waals surface area (Å²) in [4.78, 5) is 25.0. The number of carbonyl (C=O) groups excluding carboxylic acids is 2. The second-order valence-corrected chi connectivity index (χ2v) is 7.22. The minimum Gasteiger partial charge on any atom is -0.466 e. The highest BCUT2D eigenvalue weighted by Crippen LogP contribution is 2.32. The molecular formula is C13H20FNO5S. The van der Waals surface area contributed by atoms with Crippen LogP contribution in [0.25, 0.3) is 0 Å². The first-order chi connectivity index (χ1) is 9.82. The van der Waals surface area contributed by atoms with Gasteiger partial charge in [0.1, 0.15) is 5.25 Å². The van der Waals surface area contributed by atoms with Gasteiger partial charge in [0.15, 0.2) is 0 Å². The lowest BCUT2D eigenvalue weighted by Crippen LogP contribution is -2.41. The topological polar surface area (TPSA) is 80.8 Å². The fourth-order valence-corrected chi connectivity index (χ4v) is 3.80. The summed E-state index contributed by atoms with van der Waals surface area (Å²) >= 11 is 0. The van der Waals surface area contributed by atoms with E-state index in [9.17, 15) is 21.9 Å². The minimum absolute atomic E-state index is 0.0770. The molecule has 1 saturated heterocycles. The Morgan fingerprint density at radius 1 is 1.33 bits per heavy atom. The number of amides is 1. The van der Waals surface area contributed by atoms with Crippen molar-refractivity contribution in [1.29, 1.82) is 0 Å². The van der Waals surface area contributed by atoms with E-state index in [1.807, 2.05) is 0 Å². The zero-order valence-electron chi connectivity index (χ0n) is 12.0. The fourth-order valence-electron chi connectivity index (χ4n) is 3.12. The second-order valence-electron chi connectivity index (χ2n) is 5.61. The molecule has 2 aliphatic rings. The molecule has 0 N–H and O–H groups in total. The van der Waals surface area contributed by atoms with Crippen molar-refractivity contribution in [3.05, 3.63) is 0 Å². The third-order valence-electron chi connectivity index (χ3n) is 4.28. The van der Waals surface area contributed by atoms with E-state index >= 15 is 0 Å².